The Labute approximate surface area is 80.1 Å². The fourth-order valence-corrected chi connectivity index (χ4v) is 4.94. The monoisotopic (exact) mass is 182 g/mol. The van der Waals surface area contributed by atoms with Crippen LogP contribution < -0.4 is 11.5 Å². The van der Waals surface area contributed by atoms with Crippen molar-refractivity contribution in [3.05, 3.63) is 0 Å². The average Bonchev–Trinajstić information content (AvgIpc) is 1.99. The van der Waals surface area contributed by atoms with Crippen LogP contribution in [0, 0.1) is 17.3 Å². The normalized spacial score (nSPS) is 58.6. The van der Waals surface area contributed by atoms with Crippen LogP contribution in [0.3, 0.4) is 0 Å². The molecule has 6 N–H and O–H groups in total. The standard InChI is InChI=1S/C11H20N2/c12-7-10-2-8-1-9(3-10)5-11(13,4-8)6-10/h8-9H,1-7,12-13H2/p+2/t8-,9-,10?,11?/m0/s1. The van der Waals surface area contributed by atoms with Crippen molar-refractivity contribution in [2.24, 2.45) is 17.3 Å². The second-order valence-corrected chi connectivity index (χ2v) is 6.21. The Bertz CT molecular complexity index is 222. The Morgan fingerprint density at radius 3 is 2.15 bits per heavy atom. The van der Waals surface area contributed by atoms with Crippen LogP contribution in [0.1, 0.15) is 38.5 Å². The van der Waals surface area contributed by atoms with Crippen LogP contribution in [0.15, 0.2) is 0 Å². The van der Waals surface area contributed by atoms with Crippen LogP contribution in [0.25, 0.3) is 0 Å². The molecule has 2 nitrogen and oxygen atoms in total. The molecule has 4 rings (SSSR count). The molecule has 0 radical (unpaired) electrons. The topological polar surface area (TPSA) is 55.3 Å². The molecule has 4 aliphatic carbocycles. The lowest BCUT2D eigenvalue weighted by Crippen LogP contribution is -2.81. The van der Waals surface area contributed by atoms with E-state index in [9.17, 15) is 0 Å². The van der Waals surface area contributed by atoms with Crippen LogP contribution in [-0.4, -0.2) is 12.1 Å². The summed E-state index contributed by atoms with van der Waals surface area (Å²) in [6, 6.07) is 0. The minimum atomic E-state index is 0.474. The largest absolute Gasteiger partial charge is 0.357 e. The van der Waals surface area contributed by atoms with Gasteiger partial charge in [0.05, 0.1) is 12.1 Å². The van der Waals surface area contributed by atoms with E-state index in [0.717, 1.165) is 18.4 Å². The molecule has 4 bridgehead atoms. The maximum absolute atomic E-state index is 4.50. The first-order valence-corrected chi connectivity index (χ1v) is 5.78. The van der Waals surface area contributed by atoms with Gasteiger partial charge in [-0.25, -0.2) is 0 Å². The molecule has 2 atom stereocenters. The highest BCUT2D eigenvalue weighted by Gasteiger charge is 2.58. The van der Waals surface area contributed by atoms with E-state index in [1.54, 1.807) is 0 Å². The van der Waals surface area contributed by atoms with E-state index in [2.05, 4.69) is 11.5 Å². The molecule has 4 aliphatic rings. The molecular formula is C11H22N2+2. The summed E-state index contributed by atoms with van der Waals surface area (Å²) in [4.78, 5) is 0. The predicted molar refractivity (Wildman–Crippen MR) is 50.5 cm³/mol. The Morgan fingerprint density at radius 1 is 1.08 bits per heavy atom. The number of quaternary nitrogens is 2. The van der Waals surface area contributed by atoms with Gasteiger partial charge in [0.1, 0.15) is 0 Å². The third kappa shape index (κ3) is 1.08. The molecule has 0 aliphatic heterocycles. The Kier molecular flexibility index (Phi) is 1.45. The molecule has 0 amide bonds. The van der Waals surface area contributed by atoms with Crippen LogP contribution >= 0.6 is 0 Å². The first kappa shape index (κ1) is 8.25. The van der Waals surface area contributed by atoms with E-state index < -0.39 is 0 Å². The lowest BCUT2D eigenvalue weighted by molar-refractivity contribution is -0.519. The maximum atomic E-state index is 4.50. The Hall–Kier alpha value is -0.0800. The van der Waals surface area contributed by atoms with E-state index in [-0.39, 0.29) is 0 Å². The van der Waals surface area contributed by atoms with Gasteiger partial charge in [-0.3, -0.25) is 0 Å². The van der Waals surface area contributed by atoms with Crippen molar-refractivity contribution in [2.75, 3.05) is 6.54 Å². The van der Waals surface area contributed by atoms with Gasteiger partial charge < -0.3 is 11.5 Å². The summed E-state index contributed by atoms with van der Waals surface area (Å²) >= 11 is 0. The molecule has 2 heteroatoms. The molecule has 4 saturated carbocycles. The van der Waals surface area contributed by atoms with Crippen LogP contribution in [0.2, 0.25) is 0 Å². The molecule has 74 valence electrons. The molecule has 13 heavy (non-hydrogen) atoms. The van der Waals surface area contributed by atoms with Gasteiger partial charge in [0.25, 0.3) is 0 Å². The molecule has 0 spiro atoms. The summed E-state index contributed by atoms with van der Waals surface area (Å²) in [6.07, 6.45) is 8.70. The van der Waals surface area contributed by atoms with Crippen LogP contribution in [-0.2, 0) is 0 Å². The van der Waals surface area contributed by atoms with Crippen molar-refractivity contribution in [1.29, 1.82) is 0 Å². The summed E-state index contributed by atoms with van der Waals surface area (Å²) < 4.78 is 0. The highest BCUT2D eigenvalue weighted by atomic mass is 14.8. The average molecular weight is 182 g/mol. The zero-order chi connectivity index (χ0) is 9.10. The predicted octanol–water partition coefficient (Wildman–Crippen LogP) is -0.191. The zero-order valence-corrected chi connectivity index (χ0v) is 8.52. The van der Waals surface area contributed by atoms with E-state index in [0.29, 0.717) is 11.0 Å². The van der Waals surface area contributed by atoms with Crippen molar-refractivity contribution < 1.29 is 11.5 Å². The van der Waals surface area contributed by atoms with Crippen molar-refractivity contribution in [2.45, 2.75) is 44.1 Å². The van der Waals surface area contributed by atoms with Crippen LogP contribution in [0.5, 0.6) is 0 Å². The fourth-order valence-electron chi connectivity index (χ4n) is 4.94. The Balaban J connectivity index is 1.95. The molecule has 0 aromatic heterocycles. The lowest BCUT2D eigenvalue weighted by Gasteiger charge is -2.57. The first-order chi connectivity index (χ1) is 6.13. The third-order valence-corrected chi connectivity index (χ3v) is 4.83. The van der Waals surface area contributed by atoms with Gasteiger partial charge in [-0.15, -0.1) is 0 Å². The highest BCUT2D eigenvalue weighted by molar-refractivity contribution is 5.07. The highest BCUT2D eigenvalue weighted by Crippen LogP contribution is 2.59. The molecule has 0 aromatic rings. The van der Waals surface area contributed by atoms with Gasteiger partial charge in [0.15, 0.2) is 0 Å². The molecule has 0 unspecified atom stereocenters. The fraction of sp³-hybridized carbons (Fsp3) is 1.00. The second kappa shape index (κ2) is 2.29. The van der Waals surface area contributed by atoms with Gasteiger partial charge in [0.2, 0.25) is 0 Å². The summed E-state index contributed by atoms with van der Waals surface area (Å²) in [5.74, 6) is 2.03. The number of rotatable bonds is 1. The number of hydrogen-bond acceptors (Lipinski definition) is 0. The third-order valence-electron chi connectivity index (χ3n) is 4.83. The summed E-state index contributed by atoms with van der Waals surface area (Å²) in [5, 5.41) is 0. The SMILES string of the molecule is [NH3+]CC12C[C@@H]3C[C@H](CC([NH3+])(C3)C1)C2. The van der Waals surface area contributed by atoms with E-state index >= 15 is 0 Å². The van der Waals surface area contributed by atoms with Crippen LogP contribution in [0.4, 0.5) is 0 Å². The zero-order valence-electron chi connectivity index (χ0n) is 8.52. The molecule has 0 aromatic carbocycles. The van der Waals surface area contributed by atoms with E-state index in [4.69, 9.17) is 0 Å². The molecular weight excluding hydrogens is 160 g/mol. The first-order valence-electron chi connectivity index (χ1n) is 5.78. The van der Waals surface area contributed by atoms with Crippen molar-refractivity contribution >= 4 is 0 Å². The smallest absolute Gasteiger partial charge is 0.0958 e. The van der Waals surface area contributed by atoms with Gasteiger partial charge in [-0.05, 0) is 31.1 Å². The molecule has 0 saturated heterocycles. The quantitative estimate of drug-likeness (QED) is 0.565. The van der Waals surface area contributed by atoms with Crippen molar-refractivity contribution in [1.82, 2.24) is 0 Å². The van der Waals surface area contributed by atoms with E-state index in [1.165, 1.54) is 38.5 Å². The summed E-state index contributed by atoms with van der Waals surface area (Å²) in [5.41, 5.74) is 9.78. The van der Waals surface area contributed by atoms with Gasteiger partial charge in [-0.2, -0.15) is 0 Å². The van der Waals surface area contributed by atoms with Gasteiger partial charge in [0, 0.05) is 24.7 Å². The number of hydrogen-bond donors (Lipinski definition) is 2. The van der Waals surface area contributed by atoms with Crippen molar-refractivity contribution in [3.8, 4) is 0 Å². The summed E-state index contributed by atoms with van der Waals surface area (Å²) in [6.45, 7) is 1.16. The molecule has 0 heterocycles. The van der Waals surface area contributed by atoms with Gasteiger partial charge in [-0.1, -0.05) is 0 Å². The summed E-state index contributed by atoms with van der Waals surface area (Å²) in [7, 11) is 0. The van der Waals surface area contributed by atoms with Gasteiger partial charge >= 0.3 is 0 Å². The maximum Gasteiger partial charge on any atom is 0.0958 e. The minimum Gasteiger partial charge on any atom is -0.357 e. The minimum absolute atomic E-state index is 0.474. The van der Waals surface area contributed by atoms with E-state index in [1.807, 2.05) is 0 Å². The lowest BCUT2D eigenvalue weighted by atomic mass is 9.47. The second-order valence-electron chi connectivity index (χ2n) is 6.21. The van der Waals surface area contributed by atoms with Crippen molar-refractivity contribution in [3.63, 3.8) is 0 Å². The molecule has 4 fully saturated rings. The Morgan fingerprint density at radius 2 is 1.69 bits per heavy atom.